The molecule has 0 spiro atoms. The fourth-order valence-corrected chi connectivity index (χ4v) is 2.11. The normalized spacial score (nSPS) is 18.5. The summed E-state index contributed by atoms with van der Waals surface area (Å²) in [7, 11) is 0. The first-order valence-electron chi connectivity index (χ1n) is 4.17. The van der Waals surface area contributed by atoms with Gasteiger partial charge in [0.25, 0.3) is 0 Å². The molecule has 1 heterocycles. The Hall–Kier alpha value is -0.940. The van der Waals surface area contributed by atoms with Crippen molar-refractivity contribution in [2.24, 2.45) is 11.7 Å². The zero-order chi connectivity index (χ0) is 9.42. The van der Waals surface area contributed by atoms with Crippen molar-refractivity contribution < 1.29 is 4.92 Å². The topological polar surface area (TPSA) is 69.2 Å². The molecule has 1 aromatic rings. The molecule has 1 atom stereocenters. The van der Waals surface area contributed by atoms with Crippen LogP contribution in [0.2, 0.25) is 0 Å². The monoisotopic (exact) mass is 198 g/mol. The van der Waals surface area contributed by atoms with Crippen LogP contribution >= 0.6 is 11.3 Å². The number of nitro groups is 1. The zero-order valence-electron chi connectivity index (χ0n) is 6.97. The summed E-state index contributed by atoms with van der Waals surface area (Å²) in [6.45, 7) is 0. The molecule has 1 aromatic heterocycles. The first-order valence-corrected chi connectivity index (χ1v) is 5.05. The van der Waals surface area contributed by atoms with Crippen LogP contribution in [-0.2, 0) is 0 Å². The van der Waals surface area contributed by atoms with Crippen LogP contribution in [0, 0.1) is 16.0 Å². The summed E-state index contributed by atoms with van der Waals surface area (Å²) in [6.07, 6.45) is 2.32. The molecule has 0 aromatic carbocycles. The van der Waals surface area contributed by atoms with E-state index in [4.69, 9.17) is 5.73 Å². The molecule has 0 amide bonds. The van der Waals surface area contributed by atoms with Crippen molar-refractivity contribution in [2.75, 3.05) is 0 Å². The number of hydrogen-bond acceptors (Lipinski definition) is 4. The second-order valence-corrected chi connectivity index (χ2v) is 4.23. The van der Waals surface area contributed by atoms with Crippen molar-refractivity contribution >= 4 is 16.3 Å². The van der Waals surface area contributed by atoms with Gasteiger partial charge in [0.2, 0.25) is 0 Å². The Morgan fingerprint density at radius 2 is 2.38 bits per heavy atom. The summed E-state index contributed by atoms with van der Waals surface area (Å²) in [5.41, 5.74) is 6.81. The van der Waals surface area contributed by atoms with Crippen LogP contribution in [-0.4, -0.2) is 4.92 Å². The van der Waals surface area contributed by atoms with E-state index >= 15 is 0 Å². The van der Waals surface area contributed by atoms with Gasteiger partial charge in [-0.25, -0.2) is 0 Å². The smallest absolute Gasteiger partial charge is 0.324 e. The van der Waals surface area contributed by atoms with E-state index in [1.54, 1.807) is 11.4 Å². The van der Waals surface area contributed by atoms with Crippen LogP contribution in [0.15, 0.2) is 11.4 Å². The summed E-state index contributed by atoms with van der Waals surface area (Å²) in [4.78, 5) is 10.0. The molecular weight excluding hydrogens is 188 g/mol. The number of nitrogens with two attached hydrogens (primary N) is 1. The number of nitrogens with zero attached hydrogens (tertiary/aromatic N) is 1. The van der Waals surface area contributed by atoms with E-state index in [0.29, 0.717) is 5.92 Å². The lowest BCUT2D eigenvalue weighted by molar-refractivity contribution is -0.380. The maximum Gasteiger partial charge on any atom is 0.324 e. The van der Waals surface area contributed by atoms with Crippen molar-refractivity contribution in [3.8, 4) is 0 Å². The molecule has 70 valence electrons. The van der Waals surface area contributed by atoms with E-state index in [1.165, 1.54) is 0 Å². The lowest BCUT2D eigenvalue weighted by atomic mass is 10.1. The number of rotatable bonds is 3. The summed E-state index contributed by atoms with van der Waals surface area (Å²) < 4.78 is 0. The van der Waals surface area contributed by atoms with Gasteiger partial charge in [-0.1, -0.05) is 11.3 Å². The third kappa shape index (κ3) is 1.71. The summed E-state index contributed by atoms with van der Waals surface area (Å²) >= 11 is 1.15. The fourth-order valence-electron chi connectivity index (χ4n) is 1.34. The second kappa shape index (κ2) is 3.08. The average molecular weight is 198 g/mol. The van der Waals surface area contributed by atoms with Crippen LogP contribution in [0.3, 0.4) is 0 Å². The first-order chi connectivity index (χ1) is 6.18. The molecule has 0 aliphatic heterocycles. The van der Waals surface area contributed by atoms with Crippen LogP contribution in [0.5, 0.6) is 0 Å². The van der Waals surface area contributed by atoms with Crippen molar-refractivity contribution in [1.29, 1.82) is 0 Å². The third-order valence-corrected chi connectivity index (χ3v) is 3.20. The number of hydrogen-bond donors (Lipinski definition) is 1. The molecular formula is C8H10N2O2S. The predicted molar refractivity (Wildman–Crippen MR) is 50.6 cm³/mol. The van der Waals surface area contributed by atoms with Crippen LogP contribution < -0.4 is 5.73 Å². The van der Waals surface area contributed by atoms with Gasteiger partial charge in [-0.15, -0.1) is 0 Å². The molecule has 1 fully saturated rings. The van der Waals surface area contributed by atoms with Crippen molar-refractivity contribution in [1.82, 2.24) is 0 Å². The minimum atomic E-state index is -0.367. The third-order valence-electron chi connectivity index (χ3n) is 2.30. The lowest BCUT2D eigenvalue weighted by Crippen LogP contribution is -2.10. The van der Waals surface area contributed by atoms with Gasteiger partial charge in [0.05, 0.1) is 4.92 Å². The van der Waals surface area contributed by atoms with Gasteiger partial charge in [-0.3, -0.25) is 10.1 Å². The Labute approximate surface area is 79.5 Å². The quantitative estimate of drug-likeness (QED) is 0.597. The van der Waals surface area contributed by atoms with Crippen LogP contribution in [0.25, 0.3) is 0 Å². The van der Waals surface area contributed by atoms with E-state index in [1.807, 2.05) is 0 Å². The van der Waals surface area contributed by atoms with Crippen LogP contribution in [0.4, 0.5) is 5.00 Å². The molecule has 13 heavy (non-hydrogen) atoms. The molecule has 2 rings (SSSR count). The highest BCUT2D eigenvalue weighted by molar-refractivity contribution is 7.13. The van der Waals surface area contributed by atoms with E-state index < -0.39 is 0 Å². The Morgan fingerprint density at radius 3 is 2.85 bits per heavy atom. The summed E-state index contributed by atoms with van der Waals surface area (Å²) in [6, 6.07) is 1.60. The van der Waals surface area contributed by atoms with Crippen molar-refractivity contribution in [3.05, 3.63) is 27.1 Å². The van der Waals surface area contributed by atoms with Gasteiger partial charge < -0.3 is 5.73 Å². The van der Waals surface area contributed by atoms with E-state index in [9.17, 15) is 10.1 Å². The van der Waals surface area contributed by atoms with Gasteiger partial charge in [-0.05, 0) is 24.3 Å². The molecule has 5 heteroatoms. The van der Waals surface area contributed by atoms with Gasteiger partial charge in [0.1, 0.15) is 0 Å². The lowest BCUT2D eigenvalue weighted by Gasteiger charge is -2.05. The molecule has 0 bridgehead atoms. The summed E-state index contributed by atoms with van der Waals surface area (Å²) in [5.74, 6) is 0.550. The predicted octanol–water partition coefficient (Wildman–Crippen LogP) is 2.07. The molecule has 0 radical (unpaired) electrons. The minimum Gasteiger partial charge on any atom is -0.324 e. The maximum absolute atomic E-state index is 10.4. The first kappa shape index (κ1) is 8.65. The van der Waals surface area contributed by atoms with Gasteiger partial charge in [0, 0.05) is 17.5 Å². The largest absolute Gasteiger partial charge is 0.324 e. The highest BCUT2D eigenvalue weighted by Gasteiger charge is 2.30. The van der Waals surface area contributed by atoms with Gasteiger partial charge >= 0.3 is 5.00 Å². The fraction of sp³-hybridized carbons (Fsp3) is 0.500. The molecule has 4 nitrogen and oxygen atoms in total. The molecule has 1 saturated carbocycles. The van der Waals surface area contributed by atoms with E-state index in [0.717, 1.165) is 29.7 Å². The molecule has 0 saturated heterocycles. The summed E-state index contributed by atoms with van der Waals surface area (Å²) in [5, 5.41) is 12.4. The Bertz CT molecular complexity index is 333. The highest BCUT2D eigenvalue weighted by atomic mass is 32.1. The van der Waals surface area contributed by atoms with E-state index in [-0.39, 0.29) is 16.0 Å². The van der Waals surface area contributed by atoms with Crippen molar-refractivity contribution in [3.63, 3.8) is 0 Å². The molecule has 2 N–H and O–H groups in total. The molecule has 1 aliphatic carbocycles. The van der Waals surface area contributed by atoms with Crippen LogP contribution in [0.1, 0.15) is 24.4 Å². The Kier molecular flexibility index (Phi) is 2.05. The Balaban J connectivity index is 2.16. The highest BCUT2D eigenvalue weighted by Crippen LogP contribution is 2.41. The standard InChI is InChI=1S/C8H10N2O2S/c9-8(5-1-2-5)6-3-7(10(11)12)13-4-6/h3-5,8H,1-2,9H2/t8-/m0/s1. The van der Waals surface area contributed by atoms with Gasteiger partial charge in [0.15, 0.2) is 0 Å². The second-order valence-electron chi connectivity index (χ2n) is 3.34. The average Bonchev–Trinajstić information content (AvgIpc) is 2.81. The molecule has 0 unspecified atom stereocenters. The van der Waals surface area contributed by atoms with Crippen molar-refractivity contribution in [2.45, 2.75) is 18.9 Å². The number of thiophene rings is 1. The van der Waals surface area contributed by atoms with Gasteiger partial charge in [-0.2, -0.15) is 0 Å². The minimum absolute atomic E-state index is 0.00458. The maximum atomic E-state index is 10.4. The molecule has 1 aliphatic rings. The van der Waals surface area contributed by atoms with E-state index in [2.05, 4.69) is 0 Å². The SMILES string of the molecule is N[C@H](c1csc([N+](=O)[O-])c1)C1CC1. The Morgan fingerprint density at radius 1 is 1.69 bits per heavy atom. The zero-order valence-corrected chi connectivity index (χ0v) is 7.79.